The van der Waals surface area contributed by atoms with Gasteiger partial charge in [-0.1, -0.05) is 11.6 Å². The van der Waals surface area contributed by atoms with Gasteiger partial charge in [-0.3, -0.25) is 4.79 Å². The fourth-order valence-corrected chi connectivity index (χ4v) is 4.10. The summed E-state index contributed by atoms with van der Waals surface area (Å²) in [4.78, 5) is 26.5. The topological polar surface area (TPSA) is 74.6 Å². The second kappa shape index (κ2) is 7.99. The van der Waals surface area contributed by atoms with Crippen LogP contribution >= 0.6 is 0 Å². The number of hydrogen-bond acceptors (Lipinski definition) is 4. The molecule has 1 fully saturated rings. The van der Waals surface area contributed by atoms with Crippen LogP contribution in [0.2, 0.25) is 0 Å². The fourth-order valence-electron chi connectivity index (χ4n) is 4.10. The maximum absolute atomic E-state index is 15.0. The van der Waals surface area contributed by atoms with Crippen molar-refractivity contribution in [1.82, 2.24) is 9.88 Å². The summed E-state index contributed by atoms with van der Waals surface area (Å²) in [6, 6.07) is 3.29. The number of aromatic nitrogens is 1. The molecule has 1 aliphatic rings. The Morgan fingerprint density at radius 2 is 1.90 bits per heavy atom. The van der Waals surface area contributed by atoms with Crippen molar-refractivity contribution in [1.29, 1.82) is 0 Å². The molecule has 6 nitrogen and oxygen atoms in total. The van der Waals surface area contributed by atoms with E-state index in [1.165, 1.54) is 6.07 Å². The summed E-state index contributed by atoms with van der Waals surface area (Å²) in [6.07, 6.45) is 1.96. The number of anilines is 1. The number of halogens is 1. The Hall–Kier alpha value is -2.67. The van der Waals surface area contributed by atoms with E-state index in [1.807, 2.05) is 24.8 Å². The Kier molecular flexibility index (Phi) is 5.80. The SMILES string of the molecule is CC(C)=CCn1c(C)c(C(=O)O)c(=O)c2cc(F)c(N3CC(C)NC(C)C3)cc21. The molecule has 1 aliphatic heterocycles. The smallest absolute Gasteiger partial charge is 0.341 e. The molecule has 7 heteroatoms. The molecule has 1 aromatic carbocycles. The van der Waals surface area contributed by atoms with E-state index in [2.05, 4.69) is 19.2 Å². The highest BCUT2D eigenvalue weighted by Crippen LogP contribution is 2.28. The minimum absolute atomic E-state index is 0.0904. The highest BCUT2D eigenvalue weighted by atomic mass is 19.1. The van der Waals surface area contributed by atoms with E-state index in [-0.39, 0.29) is 23.0 Å². The van der Waals surface area contributed by atoms with Gasteiger partial charge in [-0.2, -0.15) is 0 Å². The Balaban J connectivity index is 2.29. The normalized spacial score (nSPS) is 19.4. The molecule has 3 rings (SSSR count). The Bertz CT molecular complexity index is 1040. The number of aromatic carboxylic acids is 1. The van der Waals surface area contributed by atoms with Crippen molar-refractivity contribution in [2.45, 2.75) is 53.2 Å². The monoisotopic (exact) mass is 401 g/mol. The maximum Gasteiger partial charge on any atom is 0.341 e. The fraction of sp³-hybridized carbons (Fsp3) is 0.455. The van der Waals surface area contributed by atoms with Crippen LogP contribution in [0.3, 0.4) is 0 Å². The van der Waals surface area contributed by atoms with Gasteiger partial charge in [0, 0.05) is 42.8 Å². The molecule has 29 heavy (non-hydrogen) atoms. The number of carbonyl (C=O) groups is 1. The third-order valence-corrected chi connectivity index (χ3v) is 5.39. The number of carboxylic acid groups (broad SMARTS) is 1. The number of nitrogens with one attached hydrogen (secondary N) is 1. The summed E-state index contributed by atoms with van der Waals surface area (Å²) < 4.78 is 16.8. The largest absolute Gasteiger partial charge is 0.477 e. The molecule has 0 saturated carbocycles. The third kappa shape index (κ3) is 4.05. The summed E-state index contributed by atoms with van der Waals surface area (Å²) in [5, 5.41) is 13.1. The first-order valence-electron chi connectivity index (χ1n) is 9.84. The van der Waals surface area contributed by atoms with E-state index < -0.39 is 17.2 Å². The molecule has 2 N–H and O–H groups in total. The third-order valence-electron chi connectivity index (χ3n) is 5.39. The van der Waals surface area contributed by atoms with Crippen LogP contribution < -0.4 is 15.6 Å². The average Bonchev–Trinajstić information content (AvgIpc) is 2.60. The minimum Gasteiger partial charge on any atom is -0.477 e. The number of rotatable bonds is 4. The van der Waals surface area contributed by atoms with Gasteiger partial charge in [0.1, 0.15) is 11.4 Å². The number of allylic oxidation sites excluding steroid dienone is 2. The number of nitrogens with zero attached hydrogens (tertiary/aromatic N) is 2. The Morgan fingerprint density at radius 3 is 2.45 bits per heavy atom. The van der Waals surface area contributed by atoms with Crippen molar-refractivity contribution in [3.05, 3.63) is 51.1 Å². The van der Waals surface area contributed by atoms with Crippen LogP contribution in [-0.4, -0.2) is 40.8 Å². The van der Waals surface area contributed by atoms with Crippen LogP contribution in [0.5, 0.6) is 0 Å². The van der Waals surface area contributed by atoms with Crippen molar-refractivity contribution in [3.63, 3.8) is 0 Å². The van der Waals surface area contributed by atoms with Crippen LogP contribution in [0, 0.1) is 12.7 Å². The number of benzene rings is 1. The summed E-state index contributed by atoms with van der Waals surface area (Å²) in [5.41, 5.74) is 1.46. The lowest BCUT2D eigenvalue weighted by molar-refractivity contribution is 0.0694. The van der Waals surface area contributed by atoms with Gasteiger partial charge in [0.2, 0.25) is 5.43 Å². The van der Waals surface area contributed by atoms with Gasteiger partial charge in [0.05, 0.1) is 11.2 Å². The molecular formula is C22H28FN3O3. The molecule has 0 spiro atoms. The lowest BCUT2D eigenvalue weighted by Crippen LogP contribution is -2.54. The molecule has 0 radical (unpaired) electrons. The number of pyridine rings is 1. The number of hydrogen-bond donors (Lipinski definition) is 2. The van der Waals surface area contributed by atoms with Gasteiger partial charge in [0.15, 0.2) is 0 Å². The molecule has 0 bridgehead atoms. The molecule has 2 aromatic rings. The van der Waals surface area contributed by atoms with Gasteiger partial charge in [-0.05, 0) is 46.8 Å². The molecule has 2 heterocycles. The van der Waals surface area contributed by atoms with E-state index in [0.717, 1.165) is 5.57 Å². The molecular weight excluding hydrogens is 373 g/mol. The molecule has 0 amide bonds. The predicted molar refractivity (Wildman–Crippen MR) is 114 cm³/mol. The zero-order valence-electron chi connectivity index (χ0n) is 17.5. The van der Waals surface area contributed by atoms with E-state index in [0.29, 0.717) is 36.5 Å². The van der Waals surface area contributed by atoms with Gasteiger partial charge in [0.25, 0.3) is 0 Å². The maximum atomic E-state index is 15.0. The van der Waals surface area contributed by atoms with Crippen molar-refractivity contribution < 1.29 is 14.3 Å². The van der Waals surface area contributed by atoms with Crippen LogP contribution in [0.25, 0.3) is 10.9 Å². The van der Waals surface area contributed by atoms with Crippen LogP contribution in [0.1, 0.15) is 43.7 Å². The lowest BCUT2D eigenvalue weighted by Gasteiger charge is -2.38. The Labute approximate surface area is 169 Å². The zero-order chi connectivity index (χ0) is 21.5. The zero-order valence-corrected chi connectivity index (χ0v) is 17.5. The van der Waals surface area contributed by atoms with Crippen molar-refractivity contribution >= 4 is 22.6 Å². The van der Waals surface area contributed by atoms with Crippen molar-refractivity contribution in [2.75, 3.05) is 18.0 Å². The number of fused-ring (bicyclic) bond motifs is 1. The second-order valence-corrected chi connectivity index (χ2v) is 8.18. The van der Waals surface area contributed by atoms with Crippen molar-refractivity contribution in [2.24, 2.45) is 0 Å². The van der Waals surface area contributed by atoms with E-state index in [1.54, 1.807) is 17.6 Å². The molecule has 1 aromatic heterocycles. The number of carboxylic acids is 1. The van der Waals surface area contributed by atoms with E-state index in [4.69, 9.17) is 0 Å². The van der Waals surface area contributed by atoms with Gasteiger partial charge >= 0.3 is 5.97 Å². The molecule has 0 aliphatic carbocycles. The van der Waals surface area contributed by atoms with E-state index in [9.17, 15) is 14.7 Å². The molecule has 156 valence electrons. The average molecular weight is 401 g/mol. The first-order chi connectivity index (χ1) is 13.6. The number of piperazine rings is 1. The van der Waals surface area contributed by atoms with E-state index >= 15 is 4.39 Å². The van der Waals surface area contributed by atoms with Crippen LogP contribution in [-0.2, 0) is 6.54 Å². The lowest BCUT2D eigenvalue weighted by atomic mass is 10.0. The summed E-state index contributed by atoms with van der Waals surface area (Å²) in [6.45, 7) is 11.3. The van der Waals surface area contributed by atoms with Crippen LogP contribution in [0.15, 0.2) is 28.6 Å². The van der Waals surface area contributed by atoms with Crippen LogP contribution in [0.4, 0.5) is 10.1 Å². The van der Waals surface area contributed by atoms with Gasteiger partial charge < -0.3 is 19.9 Å². The highest BCUT2D eigenvalue weighted by molar-refractivity contribution is 5.95. The minimum atomic E-state index is -1.30. The first kappa shape index (κ1) is 21.0. The predicted octanol–water partition coefficient (Wildman–Crippen LogP) is 3.30. The molecule has 2 atom stereocenters. The Morgan fingerprint density at radius 1 is 1.28 bits per heavy atom. The highest BCUT2D eigenvalue weighted by Gasteiger charge is 2.26. The van der Waals surface area contributed by atoms with Gasteiger partial charge in [-0.15, -0.1) is 0 Å². The molecule has 1 saturated heterocycles. The van der Waals surface area contributed by atoms with Gasteiger partial charge in [-0.25, -0.2) is 9.18 Å². The quantitative estimate of drug-likeness (QED) is 0.769. The summed E-state index contributed by atoms with van der Waals surface area (Å²) in [5.74, 6) is -1.81. The van der Waals surface area contributed by atoms with Crippen molar-refractivity contribution in [3.8, 4) is 0 Å². The first-order valence-corrected chi connectivity index (χ1v) is 9.84. The summed E-state index contributed by atoms with van der Waals surface area (Å²) >= 11 is 0. The standard InChI is InChI=1S/C22H28FN3O3/c1-12(2)6-7-26-15(5)20(22(28)29)21(27)16-8-17(23)19(9-18(16)26)25-10-13(3)24-14(4)11-25/h6,8-9,13-14,24H,7,10-11H2,1-5H3,(H,28,29). The second-order valence-electron chi connectivity index (χ2n) is 8.18. The molecule has 2 unspecified atom stereocenters. The summed E-state index contributed by atoms with van der Waals surface area (Å²) in [7, 11) is 0.